The van der Waals surface area contributed by atoms with Crippen LogP contribution in [0.3, 0.4) is 0 Å². The van der Waals surface area contributed by atoms with Gasteiger partial charge in [-0.25, -0.2) is 12.7 Å². The summed E-state index contributed by atoms with van der Waals surface area (Å²) < 4.78 is 26.1. The van der Waals surface area contributed by atoms with Crippen molar-refractivity contribution in [2.45, 2.75) is 30.8 Å². The second kappa shape index (κ2) is 9.54. The van der Waals surface area contributed by atoms with E-state index in [9.17, 15) is 18.3 Å². The molecular formula is C25H33N3O4S. The lowest BCUT2D eigenvalue weighted by Crippen LogP contribution is -2.67. The highest BCUT2D eigenvalue weighted by Crippen LogP contribution is 2.42. The Morgan fingerprint density at radius 3 is 2.12 bits per heavy atom. The third-order valence-electron chi connectivity index (χ3n) is 6.97. The average molecular weight is 472 g/mol. The molecule has 2 saturated heterocycles. The van der Waals surface area contributed by atoms with Crippen LogP contribution in [0, 0.1) is 0 Å². The van der Waals surface area contributed by atoms with Gasteiger partial charge >= 0.3 is 0 Å². The van der Waals surface area contributed by atoms with E-state index in [-0.39, 0.29) is 30.5 Å². The third-order valence-corrected chi connectivity index (χ3v) is 8.24. The van der Waals surface area contributed by atoms with Crippen LogP contribution in [0.2, 0.25) is 0 Å². The maximum absolute atomic E-state index is 12.3. The maximum Gasteiger partial charge on any atom is 0.253 e. The number of aliphatic hydroxyl groups excluding tert-OH is 1. The van der Waals surface area contributed by atoms with E-state index < -0.39 is 10.0 Å². The molecule has 4 rings (SSSR count). The van der Waals surface area contributed by atoms with Crippen LogP contribution in [0.5, 0.6) is 0 Å². The lowest BCUT2D eigenvalue weighted by Gasteiger charge is -2.57. The van der Waals surface area contributed by atoms with Crippen LogP contribution in [-0.4, -0.2) is 92.2 Å². The number of rotatable bonds is 5. The quantitative estimate of drug-likeness (QED) is 0.723. The van der Waals surface area contributed by atoms with Gasteiger partial charge in [0.15, 0.2) is 0 Å². The van der Waals surface area contributed by atoms with Crippen molar-refractivity contribution in [2.24, 2.45) is 0 Å². The van der Waals surface area contributed by atoms with E-state index in [0.717, 1.165) is 36.1 Å². The van der Waals surface area contributed by atoms with Crippen molar-refractivity contribution in [3.63, 3.8) is 0 Å². The Labute approximate surface area is 196 Å². The molecule has 0 unspecified atom stereocenters. The highest BCUT2D eigenvalue weighted by molar-refractivity contribution is 7.88. The predicted molar refractivity (Wildman–Crippen MR) is 130 cm³/mol. The SMILES string of the molecule is CN(C)C(=O)c1ccc(-c2ccc([C@H]3[C@@H](CO)N4CCCCN(S(C)(=O)=O)C[C@H]34)cc2)cc1. The number of carbonyl (C=O) groups is 1. The molecule has 2 aromatic carbocycles. The van der Waals surface area contributed by atoms with Crippen LogP contribution >= 0.6 is 0 Å². The number of hydrogen-bond acceptors (Lipinski definition) is 5. The molecule has 0 radical (unpaired) electrons. The third kappa shape index (κ3) is 4.84. The molecule has 2 fully saturated rings. The fourth-order valence-corrected chi connectivity index (χ4v) is 6.06. The summed E-state index contributed by atoms with van der Waals surface area (Å²) in [5.74, 6) is 0.0651. The largest absolute Gasteiger partial charge is 0.395 e. The Kier molecular flexibility index (Phi) is 6.91. The van der Waals surface area contributed by atoms with Gasteiger partial charge in [-0.3, -0.25) is 9.69 Å². The first kappa shape index (κ1) is 23.9. The number of nitrogens with zero attached hydrogens (tertiary/aromatic N) is 3. The van der Waals surface area contributed by atoms with Gasteiger partial charge in [0.25, 0.3) is 5.91 Å². The van der Waals surface area contributed by atoms with E-state index in [1.54, 1.807) is 23.3 Å². The molecule has 1 N–H and O–H groups in total. The van der Waals surface area contributed by atoms with Crippen molar-refractivity contribution in [2.75, 3.05) is 46.6 Å². The second-order valence-corrected chi connectivity index (χ2v) is 11.3. The summed E-state index contributed by atoms with van der Waals surface area (Å²) in [4.78, 5) is 16.0. The van der Waals surface area contributed by atoms with Gasteiger partial charge in [-0.05, 0) is 48.2 Å². The molecule has 1 amide bonds. The van der Waals surface area contributed by atoms with Crippen LogP contribution in [0.1, 0.15) is 34.7 Å². The van der Waals surface area contributed by atoms with E-state index in [4.69, 9.17) is 0 Å². The summed E-state index contributed by atoms with van der Waals surface area (Å²) in [5, 5.41) is 10.1. The van der Waals surface area contributed by atoms with Gasteiger partial charge in [-0.15, -0.1) is 0 Å². The van der Waals surface area contributed by atoms with Gasteiger partial charge in [0.05, 0.1) is 12.9 Å². The van der Waals surface area contributed by atoms with Gasteiger partial charge in [0.2, 0.25) is 10.0 Å². The molecule has 2 heterocycles. The van der Waals surface area contributed by atoms with E-state index in [1.807, 2.05) is 24.3 Å². The normalized spacial score (nSPS) is 24.3. The zero-order chi connectivity index (χ0) is 23.8. The summed E-state index contributed by atoms with van der Waals surface area (Å²) in [6.07, 6.45) is 3.05. The summed E-state index contributed by atoms with van der Waals surface area (Å²) in [5.41, 5.74) is 3.85. The Hall–Kier alpha value is -2.26. The van der Waals surface area contributed by atoms with Gasteiger partial charge in [0, 0.05) is 50.7 Å². The predicted octanol–water partition coefficient (Wildman–Crippen LogP) is 2.24. The standard InChI is InChI=1S/C25H33N3O4S/c1-26(2)25(30)21-12-8-19(9-13-21)18-6-10-20(11-7-18)24-22-16-27(33(3,31)32)14-4-5-15-28(22)23(24)17-29/h6-13,22-24,29H,4-5,14-17H2,1-3H3/t22-,23-,24-/m1/s1. The molecule has 0 bridgehead atoms. The number of sulfonamides is 1. The number of aliphatic hydroxyl groups is 1. The Morgan fingerprint density at radius 2 is 1.58 bits per heavy atom. The number of benzene rings is 2. The molecule has 8 heteroatoms. The monoisotopic (exact) mass is 471 g/mol. The van der Waals surface area contributed by atoms with Crippen LogP contribution < -0.4 is 0 Å². The van der Waals surface area contributed by atoms with Crippen molar-refractivity contribution in [3.05, 3.63) is 59.7 Å². The van der Waals surface area contributed by atoms with E-state index in [1.165, 1.54) is 6.26 Å². The summed E-state index contributed by atoms with van der Waals surface area (Å²) in [6, 6.07) is 16.0. The fraction of sp³-hybridized carbons (Fsp3) is 0.480. The highest BCUT2D eigenvalue weighted by atomic mass is 32.2. The number of carbonyl (C=O) groups excluding carboxylic acids is 1. The van der Waals surface area contributed by atoms with Crippen molar-refractivity contribution in [3.8, 4) is 11.1 Å². The number of fused-ring (bicyclic) bond motifs is 1. The zero-order valence-corrected chi connectivity index (χ0v) is 20.3. The molecule has 3 atom stereocenters. The maximum atomic E-state index is 12.3. The van der Waals surface area contributed by atoms with Crippen molar-refractivity contribution < 1.29 is 18.3 Å². The molecular weight excluding hydrogens is 438 g/mol. The van der Waals surface area contributed by atoms with Crippen LogP contribution in [0.25, 0.3) is 11.1 Å². The highest BCUT2D eigenvalue weighted by Gasteiger charge is 2.49. The molecule has 2 aromatic rings. The molecule has 178 valence electrons. The fourth-order valence-electron chi connectivity index (χ4n) is 5.17. The molecule has 0 aromatic heterocycles. The molecule has 0 aliphatic carbocycles. The minimum atomic E-state index is -3.26. The smallest absolute Gasteiger partial charge is 0.253 e. The molecule has 7 nitrogen and oxygen atoms in total. The molecule has 2 aliphatic rings. The van der Waals surface area contributed by atoms with E-state index in [0.29, 0.717) is 18.7 Å². The van der Waals surface area contributed by atoms with Gasteiger partial charge < -0.3 is 10.0 Å². The molecule has 0 spiro atoms. The lowest BCUT2D eigenvalue weighted by atomic mass is 9.74. The Bertz CT molecular complexity index is 1080. The van der Waals surface area contributed by atoms with Crippen molar-refractivity contribution >= 4 is 15.9 Å². The Balaban J connectivity index is 1.55. The average Bonchev–Trinajstić information content (AvgIpc) is 2.77. The summed E-state index contributed by atoms with van der Waals surface area (Å²) in [6.45, 7) is 1.97. The van der Waals surface area contributed by atoms with Gasteiger partial charge in [-0.2, -0.15) is 0 Å². The number of amides is 1. The van der Waals surface area contributed by atoms with Crippen LogP contribution in [0.4, 0.5) is 0 Å². The second-order valence-electron chi connectivity index (χ2n) is 9.31. The number of hydrogen-bond donors (Lipinski definition) is 1. The minimum absolute atomic E-state index is 0.0108. The van der Waals surface area contributed by atoms with E-state index >= 15 is 0 Å². The minimum Gasteiger partial charge on any atom is -0.395 e. The Morgan fingerprint density at radius 1 is 1.00 bits per heavy atom. The first-order valence-electron chi connectivity index (χ1n) is 11.4. The zero-order valence-electron chi connectivity index (χ0n) is 19.5. The van der Waals surface area contributed by atoms with Crippen molar-refractivity contribution in [1.29, 1.82) is 0 Å². The summed E-state index contributed by atoms with van der Waals surface area (Å²) in [7, 11) is 0.216. The van der Waals surface area contributed by atoms with Crippen LogP contribution in [0.15, 0.2) is 48.5 Å². The van der Waals surface area contributed by atoms with Crippen molar-refractivity contribution in [1.82, 2.24) is 14.1 Å². The summed E-state index contributed by atoms with van der Waals surface area (Å²) >= 11 is 0. The molecule has 33 heavy (non-hydrogen) atoms. The van der Waals surface area contributed by atoms with Gasteiger partial charge in [0.1, 0.15) is 0 Å². The van der Waals surface area contributed by atoms with Crippen LogP contribution in [-0.2, 0) is 10.0 Å². The first-order valence-corrected chi connectivity index (χ1v) is 13.3. The molecule has 2 aliphatic heterocycles. The van der Waals surface area contributed by atoms with E-state index in [2.05, 4.69) is 29.2 Å². The molecule has 0 saturated carbocycles. The first-order chi connectivity index (χ1) is 15.7. The van der Waals surface area contributed by atoms with Gasteiger partial charge in [-0.1, -0.05) is 36.4 Å². The lowest BCUT2D eigenvalue weighted by molar-refractivity contribution is -0.0553. The topological polar surface area (TPSA) is 81.2 Å².